The molecule has 0 aliphatic rings. The highest BCUT2D eigenvalue weighted by atomic mass is 35.5. The van der Waals surface area contributed by atoms with Crippen molar-refractivity contribution in [2.24, 2.45) is 0 Å². The van der Waals surface area contributed by atoms with Gasteiger partial charge in [-0.3, -0.25) is 4.79 Å². The number of ketones is 1. The monoisotopic (exact) mass is 308 g/mol. The average Bonchev–Trinajstić information content (AvgIpc) is 2.45. The fourth-order valence-electron chi connectivity index (χ4n) is 1.47. The van der Waals surface area contributed by atoms with Crippen LogP contribution in [-0.4, -0.2) is 25.0 Å². The summed E-state index contributed by atoms with van der Waals surface area (Å²) in [5.74, 6) is -0.441. The Balaban J connectivity index is 2.80. The Morgan fingerprint density at radius 1 is 1.05 bits per heavy atom. The molecule has 21 heavy (non-hydrogen) atoms. The second kappa shape index (κ2) is 8.97. The van der Waals surface area contributed by atoms with E-state index in [4.69, 9.17) is 21.1 Å². The summed E-state index contributed by atoms with van der Waals surface area (Å²) < 4.78 is 10.1. The molecule has 112 valence electrons. The van der Waals surface area contributed by atoms with Crippen LogP contribution in [0.25, 0.3) is 0 Å². The molecule has 4 nitrogen and oxygen atoms in total. The number of halogens is 1. The standard InChI is InChI=1S/C16H17ClO4/c1-3-20-14(11-16(19)21-4-2)9-10-15(18)12-5-7-13(17)8-6-12/h5-11H,3-4H2,1-2H3/b10-9+,14-11+. The Bertz CT molecular complexity index is 544. The lowest BCUT2D eigenvalue weighted by Gasteiger charge is -2.03. The maximum Gasteiger partial charge on any atom is 0.334 e. The maximum absolute atomic E-state index is 11.9. The maximum atomic E-state index is 11.9. The van der Waals surface area contributed by atoms with Gasteiger partial charge in [-0.15, -0.1) is 0 Å². The van der Waals surface area contributed by atoms with E-state index >= 15 is 0 Å². The van der Waals surface area contributed by atoms with E-state index in [0.717, 1.165) is 0 Å². The van der Waals surface area contributed by atoms with E-state index in [0.29, 0.717) is 17.2 Å². The van der Waals surface area contributed by atoms with Crippen LogP contribution >= 0.6 is 11.6 Å². The van der Waals surface area contributed by atoms with Gasteiger partial charge in [0, 0.05) is 10.6 Å². The molecular formula is C16H17ClO4. The van der Waals surface area contributed by atoms with Crippen LogP contribution in [0.1, 0.15) is 24.2 Å². The Hall–Kier alpha value is -2.07. The molecule has 0 radical (unpaired) electrons. The molecule has 1 rings (SSSR count). The number of ether oxygens (including phenoxy) is 2. The van der Waals surface area contributed by atoms with Crippen molar-refractivity contribution in [2.45, 2.75) is 13.8 Å². The SMILES string of the molecule is CCOC(=O)/C=C(\C=C\C(=O)c1ccc(Cl)cc1)OCC. The van der Waals surface area contributed by atoms with Crippen LogP contribution in [0.3, 0.4) is 0 Å². The minimum Gasteiger partial charge on any atom is -0.494 e. The number of hydrogen-bond acceptors (Lipinski definition) is 4. The first kappa shape index (κ1) is 17.0. The van der Waals surface area contributed by atoms with Gasteiger partial charge in [0.2, 0.25) is 0 Å². The van der Waals surface area contributed by atoms with Crippen LogP contribution in [0.5, 0.6) is 0 Å². The second-order valence-corrected chi connectivity index (χ2v) is 4.37. The topological polar surface area (TPSA) is 52.6 Å². The van der Waals surface area contributed by atoms with Gasteiger partial charge in [0.05, 0.1) is 19.3 Å². The molecule has 0 spiro atoms. The lowest BCUT2D eigenvalue weighted by atomic mass is 10.1. The van der Waals surface area contributed by atoms with E-state index < -0.39 is 5.97 Å². The van der Waals surface area contributed by atoms with Crippen molar-refractivity contribution < 1.29 is 19.1 Å². The van der Waals surface area contributed by atoms with Gasteiger partial charge in [-0.05, 0) is 50.3 Å². The van der Waals surface area contributed by atoms with Crippen LogP contribution in [0.15, 0.2) is 48.3 Å². The summed E-state index contributed by atoms with van der Waals surface area (Å²) in [6.45, 7) is 4.16. The minimum atomic E-state index is -0.510. The summed E-state index contributed by atoms with van der Waals surface area (Å²) >= 11 is 5.76. The van der Waals surface area contributed by atoms with Crippen LogP contribution in [-0.2, 0) is 14.3 Å². The van der Waals surface area contributed by atoms with Gasteiger partial charge >= 0.3 is 5.97 Å². The van der Waals surface area contributed by atoms with Crippen LogP contribution in [0, 0.1) is 0 Å². The normalized spacial score (nSPS) is 11.5. The van der Waals surface area contributed by atoms with Gasteiger partial charge in [0.1, 0.15) is 5.76 Å². The number of rotatable bonds is 7. The van der Waals surface area contributed by atoms with Crippen molar-refractivity contribution in [3.63, 3.8) is 0 Å². The fraction of sp³-hybridized carbons (Fsp3) is 0.250. The summed E-state index contributed by atoms with van der Waals surface area (Å²) in [7, 11) is 0. The Morgan fingerprint density at radius 2 is 1.67 bits per heavy atom. The molecule has 1 aromatic rings. The zero-order valence-corrected chi connectivity index (χ0v) is 12.7. The first-order valence-electron chi connectivity index (χ1n) is 6.56. The largest absolute Gasteiger partial charge is 0.494 e. The van der Waals surface area contributed by atoms with E-state index in [1.165, 1.54) is 18.2 Å². The quantitative estimate of drug-likeness (QED) is 0.254. The van der Waals surface area contributed by atoms with E-state index in [9.17, 15) is 9.59 Å². The average molecular weight is 309 g/mol. The van der Waals surface area contributed by atoms with E-state index in [-0.39, 0.29) is 18.1 Å². The van der Waals surface area contributed by atoms with E-state index in [2.05, 4.69) is 0 Å². The van der Waals surface area contributed by atoms with Crippen molar-refractivity contribution in [3.8, 4) is 0 Å². The van der Waals surface area contributed by atoms with Crippen LogP contribution in [0.4, 0.5) is 0 Å². The number of carbonyl (C=O) groups is 2. The first-order valence-corrected chi connectivity index (χ1v) is 6.93. The third-order valence-corrected chi connectivity index (χ3v) is 2.64. The molecule has 0 amide bonds. The van der Waals surface area contributed by atoms with Gasteiger partial charge < -0.3 is 9.47 Å². The molecule has 0 heterocycles. The molecule has 0 aromatic heterocycles. The molecule has 5 heteroatoms. The molecule has 1 aromatic carbocycles. The van der Waals surface area contributed by atoms with Gasteiger partial charge in [0.15, 0.2) is 5.78 Å². The third-order valence-electron chi connectivity index (χ3n) is 2.39. The molecule has 0 bridgehead atoms. The minimum absolute atomic E-state index is 0.207. The Morgan fingerprint density at radius 3 is 2.24 bits per heavy atom. The fourth-order valence-corrected chi connectivity index (χ4v) is 1.60. The van der Waals surface area contributed by atoms with Gasteiger partial charge in [-0.1, -0.05) is 11.6 Å². The van der Waals surface area contributed by atoms with Crippen molar-refractivity contribution in [2.75, 3.05) is 13.2 Å². The summed E-state index contributed by atoms with van der Waals surface area (Å²) in [5.41, 5.74) is 0.502. The first-order chi connectivity index (χ1) is 10.1. The van der Waals surface area contributed by atoms with Crippen LogP contribution in [0.2, 0.25) is 5.02 Å². The van der Waals surface area contributed by atoms with Gasteiger partial charge in [-0.2, -0.15) is 0 Å². The van der Waals surface area contributed by atoms with Gasteiger partial charge in [-0.25, -0.2) is 4.79 Å². The van der Waals surface area contributed by atoms with Crippen molar-refractivity contribution in [1.82, 2.24) is 0 Å². The Kier molecular flexibility index (Phi) is 7.26. The third kappa shape index (κ3) is 6.27. The lowest BCUT2D eigenvalue weighted by molar-refractivity contribution is -0.137. The number of allylic oxidation sites excluding steroid dienone is 2. The summed E-state index contributed by atoms with van der Waals surface area (Å²) in [6.07, 6.45) is 3.99. The van der Waals surface area contributed by atoms with Crippen molar-refractivity contribution in [3.05, 3.63) is 58.8 Å². The van der Waals surface area contributed by atoms with Crippen LogP contribution < -0.4 is 0 Å². The number of esters is 1. The highest BCUT2D eigenvalue weighted by Gasteiger charge is 2.04. The molecule has 0 unspecified atom stereocenters. The molecule has 0 aliphatic heterocycles. The molecule has 0 saturated carbocycles. The number of benzene rings is 1. The number of carbonyl (C=O) groups excluding carboxylic acids is 2. The molecular weight excluding hydrogens is 292 g/mol. The predicted molar refractivity (Wildman–Crippen MR) is 81.3 cm³/mol. The molecule has 0 atom stereocenters. The van der Waals surface area contributed by atoms with Crippen molar-refractivity contribution >= 4 is 23.4 Å². The summed E-state index contributed by atoms with van der Waals surface area (Å²) in [4.78, 5) is 23.3. The zero-order chi connectivity index (χ0) is 15.7. The zero-order valence-electron chi connectivity index (χ0n) is 12.0. The highest BCUT2D eigenvalue weighted by molar-refractivity contribution is 6.30. The summed E-state index contributed by atoms with van der Waals surface area (Å²) in [5, 5.41) is 0.563. The van der Waals surface area contributed by atoms with E-state index in [1.54, 1.807) is 38.1 Å². The molecule has 0 fully saturated rings. The predicted octanol–water partition coefficient (Wildman–Crippen LogP) is 3.56. The lowest BCUT2D eigenvalue weighted by Crippen LogP contribution is -2.02. The second-order valence-electron chi connectivity index (χ2n) is 3.94. The smallest absolute Gasteiger partial charge is 0.334 e. The Labute approximate surface area is 129 Å². The van der Waals surface area contributed by atoms with E-state index in [1.807, 2.05) is 0 Å². The number of hydrogen-bond donors (Lipinski definition) is 0. The molecule has 0 aliphatic carbocycles. The highest BCUT2D eigenvalue weighted by Crippen LogP contribution is 2.11. The van der Waals surface area contributed by atoms with Gasteiger partial charge in [0.25, 0.3) is 0 Å². The molecule has 0 saturated heterocycles. The van der Waals surface area contributed by atoms with Crippen molar-refractivity contribution in [1.29, 1.82) is 0 Å². The molecule has 0 N–H and O–H groups in total. The summed E-state index contributed by atoms with van der Waals surface area (Å²) in [6, 6.07) is 6.54.